The quantitative estimate of drug-likeness (QED) is 0.913. The second kappa shape index (κ2) is 6.88. The summed E-state index contributed by atoms with van der Waals surface area (Å²) in [6.45, 7) is 10.7. The smallest absolute Gasteiger partial charge is 0.134 e. The van der Waals surface area contributed by atoms with E-state index >= 15 is 0 Å². The Kier molecular flexibility index (Phi) is 5.17. The van der Waals surface area contributed by atoms with E-state index < -0.39 is 0 Å². The third-order valence-corrected chi connectivity index (χ3v) is 3.72. The van der Waals surface area contributed by atoms with Crippen LogP contribution < -0.4 is 10.2 Å². The third-order valence-electron chi connectivity index (χ3n) is 3.72. The first kappa shape index (κ1) is 15.0. The van der Waals surface area contributed by atoms with Gasteiger partial charge in [-0.2, -0.15) is 0 Å². The minimum Gasteiger partial charge on any atom is -0.370 e. The Labute approximate surface area is 122 Å². The maximum absolute atomic E-state index is 4.64. The Bertz CT molecular complexity index is 434. The summed E-state index contributed by atoms with van der Waals surface area (Å²) < 4.78 is 0. The summed E-state index contributed by atoms with van der Waals surface area (Å²) in [6.07, 6.45) is 2.28. The largest absolute Gasteiger partial charge is 0.370 e. The molecule has 0 aromatic carbocycles. The molecule has 0 spiro atoms. The fourth-order valence-corrected chi connectivity index (χ4v) is 2.76. The van der Waals surface area contributed by atoms with Crippen molar-refractivity contribution in [3.63, 3.8) is 0 Å². The lowest BCUT2D eigenvalue weighted by Gasteiger charge is -2.29. The Morgan fingerprint density at radius 2 is 2.15 bits per heavy atom. The zero-order chi connectivity index (χ0) is 14.5. The van der Waals surface area contributed by atoms with Gasteiger partial charge in [0, 0.05) is 31.7 Å². The van der Waals surface area contributed by atoms with E-state index in [9.17, 15) is 0 Å². The number of hydrogen-bond acceptors (Lipinski definition) is 5. The van der Waals surface area contributed by atoms with E-state index in [1.165, 1.54) is 6.42 Å². The molecule has 2 heterocycles. The number of nitrogens with zero attached hydrogens (tertiary/aromatic N) is 4. The van der Waals surface area contributed by atoms with Crippen molar-refractivity contribution in [3.05, 3.63) is 11.9 Å². The number of likely N-dealkylation sites (N-methyl/N-ethyl adjacent to an activating group) is 1. The summed E-state index contributed by atoms with van der Waals surface area (Å²) in [4.78, 5) is 13.9. The molecule has 5 nitrogen and oxygen atoms in total. The van der Waals surface area contributed by atoms with Crippen molar-refractivity contribution >= 4 is 11.6 Å². The van der Waals surface area contributed by atoms with Crippen LogP contribution in [-0.4, -0.2) is 54.1 Å². The number of anilines is 2. The average Bonchev–Trinajstić information content (AvgIpc) is 2.56. The molecule has 112 valence electrons. The SMILES string of the molecule is CCCNc1cc(N2CCCN(C)CC2C)nc(C)n1. The van der Waals surface area contributed by atoms with Crippen molar-refractivity contribution in [1.29, 1.82) is 0 Å². The van der Waals surface area contributed by atoms with Gasteiger partial charge < -0.3 is 15.1 Å². The summed E-state index contributed by atoms with van der Waals surface area (Å²) in [7, 11) is 2.19. The molecular weight excluding hydrogens is 250 g/mol. The van der Waals surface area contributed by atoms with Gasteiger partial charge in [0.15, 0.2) is 0 Å². The van der Waals surface area contributed by atoms with Crippen LogP contribution in [0.4, 0.5) is 11.6 Å². The van der Waals surface area contributed by atoms with Gasteiger partial charge in [-0.25, -0.2) is 9.97 Å². The summed E-state index contributed by atoms with van der Waals surface area (Å²) in [5, 5.41) is 3.37. The molecule has 0 saturated carbocycles. The van der Waals surface area contributed by atoms with Crippen molar-refractivity contribution in [3.8, 4) is 0 Å². The van der Waals surface area contributed by atoms with E-state index in [0.717, 1.165) is 50.1 Å². The van der Waals surface area contributed by atoms with Crippen LogP contribution in [0.3, 0.4) is 0 Å². The molecule has 0 radical (unpaired) electrons. The molecule has 5 heteroatoms. The maximum atomic E-state index is 4.64. The summed E-state index contributed by atoms with van der Waals surface area (Å²) in [5.41, 5.74) is 0. The molecule has 1 N–H and O–H groups in total. The molecule has 1 unspecified atom stereocenters. The van der Waals surface area contributed by atoms with Crippen molar-refractivity contribution in [1.82, 2.24) is 14.9 Å². The lowest BCUT2D eigenvalue weighted by atomic mass is 10.2. The zero-order valence-electron chi connectivity index (χ0n) is 13.2. The molecule has 0 amide bonds. The van der Waals surface area contributed by atoms with E-state index in [-0.39, 0.29) is 0 Å². The van der Waals surface area contributed by atoms with Crippen molar-refractivity contribution in [2.24, 2.45) is 0 Å². The molecule has 1 fully saturated rings. The molecular formula is C15H27N5. The van der Waals surface area contributed by atoms with E-state index in [4.69, 9.17) is 0 Å². The van der Waals surface area contributed by atoms with Gasteiger partial charge in [0.2, 0.25) is 0 Å². The Hall–Kier alpha value is -1.36. The van der Waals surface area contributed by atoms with E-state index in [1.54, 1.807) is 0 Å². The molecule has 1 aliphatic heterocycles. The molecule has 1 aliphatic rings. The second-order valence-corrected chi connectivity index (χ2v) is 5.74. The van der Waals surface area contributed by atoms with Crippen LogP contribution in [0, 0.1) is 6.92 Å². The average molecular weight is 277 g/mol. The van der Waals surface area contributed by atoms with E-state index in [0.29, 0.717) is 6.04 Å². The lowest BCUT2D eigenvalue weighted by Crippen LogP contribution is -2.38. The number of nitrogens with one attached hydrogen (secondary N) is 1. The number of aryl methyl sites for hydroxylation is 1. The van der Waals surface area contributed by atoms with Crippen LogP contribution in [-0.2, 0) is 0 Å². The highest BCUT2D eigenvalue weighted by atomic mass is 15.3. The van der Waals surface area contributed by atoms with Crippen LogP contribution in [0.1, 0.15) is 32.5 Å². The molecule has 0 bridgehead atoms. The highest BCUT2D eigenvalue weighted by molar-refractivity contribution is 5.50. The van der Waals surface area contributed by atoms with Crippen LogP contribution in [0.15, 0.2) is 6.07 Å². The second-order valence-electron chi connectivity index (χ2n) is 5.74. The van der Waals surface area contributed by atoms with Gasteiger partial charge >= 0.3 is 0 Å². The predicted molar refractivity (Wildman–Crippen MR) is 84.5 cm³/mol. The molecule has 1 aromatic rings. The van der Waals surface area contributed by atoms with E-state index in [2.05, 4.69) is 52.0 Å². The van der Waals surface area contributed by atoms with Gasteiger partial charge in [-0.1, -0.05) is 6.92 Å². The van der Waals surface area contributed by atoms with Crippen molar-refractivity contribution in [2.45, 2.75) is 39.7 Å². The third kappa shape index (κ3) is 3.82. The van der Waals surface area contributed by atoms with Crippen molar-refractivity contribution < 1.29 is 0 Å². The van der Waals surface area contributed by atoms with Crippen LogP contribution >= 0.6 is 0 Å². The minimum atomic E-state index is 0.482. The number of hydrogen-bond donors (Lipinski definition) is 1. The predicted octanol–water partition coefficient (Wildman–Crippen LogP) is 2.14. The van der Waals surface area contributed by atoms with Crippen LogP contribution in [0.5, 0.6) is 0 Å². The maximum Gasteiger partial charge on any atom is 0.134 e. The fraction of sp³-hybridized carbons (Fsp3) is 0.733. The summed E-state index contributed by atoms with van der Waals surface area (Å²) >= 11 is 0. The summed E-state index contributed by atoms with van der Waals surface area (Å²) in [5.74, 6) is 2.84. The lowest BCUT2D eigenvalue weighted by molar-refractivity contribution is 0.337. The van der Waals surface area contributed by atoms with Gasteiger partial charge in [0.25, 0.3) is 0 Å². The fourth-order valence-electron chi connectivity index (χ4n) is 2.76. The number of rotatable bonds is 4. The van der Waals surface area contributed by atoms with Gasteiger partial charge in [0.1, 0.15) is 17.5 Å². The first-order valence-electron chi connectivity index (χ1n) is 7.65. The minimum absolute atomic E-state index is 0.482. The van der Waals surface area contributed by atoms with Gasteiger partial charge in [-0.05, 0) is 40.3 Å². The molecule has 1 atom stereocenters. The van der Waals surface area contributed by atoms with Crippen molar-refractivity contribution in [2.75, 3.05) is 43.4 Å². The number of aromatic nitrogens is 2. The molecule has 1 aromatic heterocycles. The molecule has 0 aliphatic carbocycles. The Morgan fingerprint density at radius 3 is 2.90 bits per heavy atom. The zero-order valence-corrected chi connectivity index (χ0v) is 13.2. The van der Waals surface area contributed by atoms with Crippen LogP contribution in [0.25, 0.3) is 0 Å². The van der Waals surface area contributed by atoms with Gasteiger partial charge in [-0.15, -0.1) is 0 Å². The first-order valence-corrected chi connectivity index (χ1v) is 7.65. The van der Waals surface area contributed by atoms with Gasteiger partial charge in [-0.3, -0.25) is 0 Å². The highest BCUT2D eigenvalue weighted by Gasteiger charge is 2.21. The molecule has 2 rings (SSSR count). The Morgan fingerprint density at radius 1 is 1.35 bits per heavy atom. The molecule has 1 saturated heterocycles. The normalized spacial score (nSPS) is 20.8. The van der Waals surface area contributed by atoms with Gasteiger partial charge in [0.05, 0.1) is 0 Å². The first-order chi connectivity index (χ1) is 9.60. The topological polar surface area (TPSA) is 44.3 Å². The highest BCUT2D eigenvalue weighted by Crippen LogP contribution is 2.20. The van der Waals surface area contributed by atoms with E-state index in [1.807, 2.05) is 6.92 Å². The van der Waals surface area contributed by atoms with Crippen LogP contribution in [0.2, 0.25) is 0 Å². The summed E-state index contributed by atoms with van der Waals surface area (Å²) in [6, 6.07) is 2.57. The molecule has 20 heavy (non-hydrogen) atoms. The monoisotopic (exact) mass is 277 g/mol. The Balaban J connectivity index is 2.19. The standard InChI is InChI=1S/C15H27N5/c1-5-7-16-14-10-15(18-13(3)17-14)20-9-6-8-19(4)11-12(20)2/h10,12H,5-9,11H2,1-4H3,(H,16,17,18).